The molecule has 0 aliphatic carbocycles. The van der Waals surface area contributed by atoms with Gasteiger partial charge in [-0.15, -0.1) is 0 Å². The molecule has 0 aliphatic heterocycles. The standard InChI is InChI=1S/C24H31Cl2N3O4S/c1-6-17(3)27-24(31)18(4)28(14-19-11-12-20(25)21(26)13-19)23(30)15-29(34(5,32)33)22-10-8-7-9-16(22)2/h7-13,17-18H,6,14-15H2,1-5H3,(H,27,31)/t17-,18-/m0/s1. The lowest BCUT2D eigenvalue weighted by molar-refractivity contribution is -0.139. The maximum atomic E-state index is 13.5. The zero-order valence-corrected chi connectivity index (χ0v) is 22.3. The number of carbonyl (C=O) groups is 2. The number of nitrogens with one attached hydrogen (secondary N) is 1. The molecule has 7 nitrogen and oxygen atoms in total. The van der Waals surface area contributed by atoms with Crippen LogP contribution < -0.4 is 9.62 Å². The maximum Gasteiger partial charge on any atom is 0.244 e. The molecule has 0 aromatic heterocycles. The summed E-state index contributed by atoms with van der Waals surface area (Å²) in [6.07, 6.45) is 1.78. The summed E-state index contributed by atoms with van der Waals surface area (Å²) in [6, 6.07) is 10.9. The van der Waals surface area contributed by atoms with Crippen LogP contribution in [0.3, 0.4) is 0 Å². The van der Waals surface area contributed by atoms with Gasteiger partial charge in [0, 0.05) is 12.6 Å². The van der Waals surface area contributed by atoms with E-state index < -0.39 is 28.5 Å². The van der Waals surface area contributed by atoms with Gasteiger partial charge < -0.3 is 10.2 Å². The molecule has 0 bridgehead atoms. The molecule has 0 saturated carbocycles. The third kappa shape index (κ3) is 7.35. The average molecular weight is 529 g/mol. The number of anilines is 1. The zero-order valence-electron chi connectivity index (χ0n) is 20.0. The smallest absolute Gasteiger partial charge is 0.244 e. The van der Waals surface area contributed by atoms with Crippen molar-refractivity contribution in [1.29, 1.82) is 0 Å². The molecule has 2 aromatic carbocycles. The normalized spacial score (nSPS) is 13.1. The van der Waals surface area contributed by atoms with Gasteiger partial charge in [0.25, 0.3) is 0 Å². The number of amides is 2. The van der Waals surface area contributed by atoms with Crippen LogP contribution in [0.15, 0.2) is 42.5 Å². The summed E-state index contributed by atoms with van der Waals surface area (Å²) in [6.45, 7) is 6.81. The number of nitrogens with zero attached hydrogens (tertiary/aromatic N) is 2. The van der Waals surface area contributed by atoms with Crippen LogP contribution in [-0.2, 0) is 26.2 Å². The van der Waals surface area contributed by atoms with Crippen molar-refractivity contribution in [1.82, 2.24) is 10.2 Å². The van der Waals surface area contributed by atoms with Gasteiger partial charge in [-0.1, -0.05) is 54.4 Å². The van der Waals surface area contributed by atoms with Gasteiger partial charge in [0.2, 0.25) is 21.8 Å². The first-order valence-corrected chi connectivity index (χ1v) is 13.5. The molecular formula is C24H31Cl2N3O4S. The van der Waals surface area contributed by atoms with Crippen LogP contribution >= 0.6 is 23.2 Å². The van der Waals surface area contributed by atoms with Crippen molar-refractivity contribution in [3.63, 3.8) is 0 Å². The van der Waals surface area contributed by atoms with Crippen molar-refractivity contribution < 1.29 is 18.0 Å². The Hall–Kier alpha value is -2.29. The maximum absolute atomic E-state index is 13.5. The van der Waals surface area contributed by atoms with Gasteiger partial charge in [0.15, 0.2) is 0 Å². The Bertz CT molecular complexity index is 1140. The minimum atomic E-state index is -3.78. The minimum absolute atomic E-state index is 0.0518. The van der Waals surface area contributed by atoms with E-state index in [1.165, 1.54) is 4.90 Å². The predicted octanol–water partition coefficient (Wildman–Crippen LogP) is 4.40. The highest BCUT2D eigenvalue weighted by Crippen LogP contribution is 2.25. The molecule has 34 heavy (non-hydrogen) atoms. The van der Waals surface area contributed by atoms with Crippen molar-refractivity contribution in [2.45, 2.75) is 52.7 Å². The molecule has 0 saturated heterocycles. The first-order chi connectivity index (χ1) is 15.8. The lowest BCUT2D eigenvalue weighted by atomic mass is 10.1. The number of sulfonamides is 1. The molecule has 0 spiro atoms. The minimum Gasteiger partial charge on any atom is -0.352 e. The Balaban J connectivity index is 2.42. The van der Waals surface area contributed by atoms with E-state index in [4.69, 9.17) is 23.2 Å². The summed E-state index contributed by atoms with van der Waals surface area (Å²) in [5, 5.41) is 3.57. The van der Waals surface area contributed by atoms with Gasteiger partial charge >= 0.3 is 0 Å². The topological polar surface area (TPSA) is 86.8 Å². The number of para-hydroxylation sites is 1. The fraction of sp³-hybridized carbons (Fsp3) is 0.417. The van der Waals surface area contributed by atoms with E-state index in [9.17, 15) is 18.0 Å². The Labute approximate surface area is 212 Å². The predicted molar refractivity (Wildman–Crippen MR) is 138 cm³/mol. The van der Waals surface area contributed by atoms with Gasteiger partial charge in [-0.05, 0) is 56.5 Å². The van der Waals surface area contributed by atoms with Crippen molar-refractivity contribution in [3.05, 3.63) is 63.6 Å². The number of benzene rings is 2. The SMILES string of the molecule is CC[C@H](C)NC(=O)[C@H](C)N(Cc1ccc(Cl)c(Cl)c1)C(=O)CN(c1ccccc1C)S(C)(=O)=O. The van der Waals surface area contributed by atoms with E-state index in [-0.39, 0.29) is 18.5 Å². The number of hydrogen-bond acceptors (Lipinski definition) is 4. The average Bonchev–Trinajstić information content (AvgIpc) is 2.77. The molecule has 0 unspecified atom stereocenters. The monoisotopic (exact) mass is 527 g/mol. The van der Waals surface area contributed by atoms with Gasteiger partial charge in [-0.2, -0.15) is 0 Å². The lowest BCUT2D eigenvalue weighted by Crippen LogP contribution is -2.52. The third-order valence-electron chi connectivity index (χ3n) is 5.57. The first kappa shape index (κ1) is 28.0. The Morgan fingerprint density at radius 2 is 1.71 bits per heavy atom. The fourth-order valence-electron chi connectivity index (χ4n) is 3.32. The van der Waals surface area contributed by atoms with Crippen LogP contribution in [0.4, 0.5) is 5.69 Å². The first-order valence-electron chi connectivity index (χ1n) is 10.9. The molecular weight excluding hydrogens is 497 g/mol. The van der Waals surface area contributed by atoms with Gasteiger partial charge in [0.05, 0.1) is 22.0 Å². The lowest BCUT2D eigenvalue weighted by Gasteiger charge is -2.32. The molecule has 0 aliphatic rings. The molecule has 10 heteroatoms. The van der Waals surface area contributed by atoms with Crippen LogP contribution in [-0.4, -0.2) is 50.0 Å². The van der Waals surface area contributed by atoms with Crippen molar-refractivity contribution in [2.24, 2.45) is 0 Å². The second kappa shape index (κ2) is 11.9. The van der Waals surface area contributed by atoms with Gasteiger partial charge in [-0.3, -0.25) is 13.9 Å². The highest BCUT2D eigenvalue weighted by molar-refractivity contribution is 7.92. The van der Waals surface area contributed by atoms with Gasteiger partial charge in [-0.25, -0.2) is 8.42 Å². The summed E-state index contributed by atoms with van der Waals surface area (Å²) < 4.78 is 26.3. The third-order valence-corrected chi connectivity index (χ3v) is 7.43. The molecule has 2 atom stereocenters. The largest absolute Gasteiger partial charge is 0.352 e. The van der Waals surface area contributed by atoms with E-state index in [0.717, 1.165) is 17.0 Å². The highest BCUT2D eigenvalue weighted by atomic mass is 35.5. The molecule has 0 radical (unpaired) electrons. The second-order valence-corrected chi connectivity index (χ2v) is 11.0. The van der Waals surface area contributed by atoms with Crippen LogP contribution in [0, 0.1) is 6.92 Å². The summed E-state index contributed by atoms with van der Waals surface area (Å²) in [7, 11) is -3.78. The summed E-state index contributed by atoms with van der Waals surface area (Å²) in [4.78, 5) is 27.8. The molecule has 186 valence electrons. The highest BCUT2D eigenvalue weighted by Gasteiger charge is 2.31. The second-order valence-electron chi connectivity index (χ2n) is 8.32. The van der Waals surface area contributed by atoms with E-state index in [0.29, 0.717) is 26.9 Å². The van der Waals surface area contributed by atoms with Crippen molar-refractivity contribution in [2.75, 3.05) is 17.1 Å². The zero-order chi connectivity index (χ0) is 25.6. The number of carbonyl (C=O) groups excluding carboxylic acids is 2. The number of hydrogen-bond donors (Lipinski definition) is 1. The molecule has 0 heterocycles. The summed E-state index contributed by atoms with van der Waals surface area (Å²) >= 11 is 12.2. The molecule has 2 amide bonds. The van der Waals surface area contributed by atoms with Crippen LogP contribution in [0.1, 0.15) is 38.3 Å². The van der Waals surface area contributed by atoms with Crippen LogP contribution in [0.25, 0.3) is 0 Å². The number of rotatable bonds is 10. The van der Waals surface area contributed by atoms with Crippen LogP contribution in [0.2, 0.25) is 10.0 Å². The number of aryl methyl sites for hydroxylation is 1. The van der Waals surface area contributed by atoms with E-state index in [1.54, 1.807) is 56.3 Å². The van der Waals surface area contributed by atoms with Crippen LogP contribution in [0.5, 0.6) is 0 Å². The Morgan fingerprint density at radius 3 is 2.26 bits per heavy atom. The molecule has 0 fully saturated rings. The summed E-state index contributed by atoms with van der Waals surface area (Å²) in [5.74, 6) is -0.851. The number of halogens is 2. The Kier molecular flexibility index (Phi) is 9.79. The fourth-order valence-corrected chi connectivity index (χ4v) is 4.55. The molecule has 2 aromatic rings. The summed E-state index contributed by atoms with van der Waals surface area (Å²) in [5.41, 5.74) is 1.77. The van der Waals surface area contributed by atoms with E-state index in [2.05, 4.69) is 5.32 Å². The van der Waals surface area contributed by atoms with Crippen molar-refractivity contribution in [3.8, 4) is 0 Å². The van der Waals surface area contributed by atoms with E-state index >= 15 is 0 Å². The quantitative estimate of drug-likeness (QED) is 0.495. The van der Waals surface area contributed by atoms with Gasteiger partial charge in [0.1, 0.15) is 12.6 Å². The molecule has 1 N–H and O–H groups in total. The Morgan fingerprint density at radius 1 is 1.06 bits per heavy atom. The van der Waals surface area contributed by atoms with Crippen molar-refractivity contribution >= 4 is 50.7 Å². The molecule has 2 rings (SSSR count). The van der Waals surface area contributed by atoms with E-state index in [1.807, 2.05) is 13.8 Å².